The van der Waals surface area contributed by atoms with Gasteiger partial charge in [-0.3, -0.25) is 9.78 Å². The maximum Gasteiger partial charge on any atom is 0.417 e. The van der Waals surface area contributed by atoms with Gasteiger partial charge in [-0.25, -0.2) is 9.89 Å². The molecule has 1 aromatic carbocycles. The fraction of sp³-hybridized carbons (Fsp3) is 0. The molecule has 0 aliphatic carbocycles. The van der Waals surface area contributed by atoms with Crippen LogP contribution in [0, 0.1) is 11.3 Å². The van der Waals surface area contributed by atoms with Gasteiger partial charge in [0, 0.05) is 11.6 Å². The quantitative estimate of drug-likeness (QED) is 0.664. The number of nitriles is 1. The summed E-state index contributed by atoms with van der Waals surface area (Å²) in [6.45, 7) is 0. The molecule has 0 radical (unpaired) electrons. The Bertz CT molecular complexity index is 926. The Morgan fingerprint density at radius 3 is 2.89 bits per heavy atom. The third kappa shape index (κ3) is 1.81. The molecule has 0 aliphatic rings. The van der Waals surface area contributed by atoms with E-state index < -0.39 is 11.3 Å². The predicted octanol–water partition coefficient (Wildman–Crippen LogP) is 0.743. The fourth-order valence-electron chi connectivity index (χ4n) is 1.80. The number of benzene rings is 1. The second-order valence-corrected chi connectivity index (χ2v) is 3.83. The van der Waals surface area contributed by atoms with Crippen molar-refractivity contribution in [2.24, 2.45) is 0 Å². The number of fused-ring (bicyclic) bond motifs is 1. The summed E-state index contributed by atoms with van der Waals surface area (Å²) in [5.41, 5.74) is 1.52. The van der Waals surface area contributed by atoms with Gasteiger partial charge in [-0.05, 0) is 12.1 Å². The molecule has 2 heterocycles. The van der Waals surface area contributed by atoms with Crippen LogP contribution in [-0.2, 0) is 0 Å². The standard InChI is InChI=1S/C12H6N4O3/c13-5-7-4-10(17)15-16-11(7)6-1-2-8-9(3-6)19-12(18)14-8/h1-4H,(H,14,18)(H,15,17). The average molecular weight is 254 g/mol. The lowest BCUT2D eigenvalue weighted by atomic mass is 10.1. The summed E-state index contributed by atoms with van der Waals surface area (Å²) in [4.78, 5) is 24.7. The molecule has 3 aromatic rings. The minimum Gasteiger partial charge on any atom is -0.408 e. The van der Waals surface area contributed by atoms with Gasteiger partial charge < -0.3 is 4.42 Å². The van der Waals surface area contributed by atoms with Crippen molar-refractivity contribution in [2.45, 2.75) is 0 Å². The molecule has 2 N–H and O–H groups in total. The number of aromatic nitrogens is 3. The van der Waals surface area contributed by atoms with E-state index in [9.17, 15) is 9.59 Å². The summed E-state index contributed by atoms with van der Waals surface area (Å²) < 4.78 is 4.93. The Morgan fingerprint density at radius 2 is 2.11 bits per heavy atom. The lowest BCUT2D eigenvalue weighted by Crippen LogP contribution is -2.08. The van der Waals surface area contributed by atoms with Crippen molar-refractivity contribution in [1.82, 2.24) is 15.2 Å². The van der Waals surface area contributed by atoms with Crippen molar-refractivity contribution in [2.75, 3.05) is 0 Å². The number of nitrogens with zero attached hydrogens (tertiary/aromatic N) is 2. The molecule has 0 amide bonds. The highest BCUT2D eigenvalue weighted by Gasteiger charge is 2.10. The van der Waals surface area contributed by atoms with Crippen LogP contribution in [-0.4, -0.2) is 15.2 Å². The molecular formula is C12H6N4O3. The summed E-state index contributed by atoms with van der Waals surface area (Å²) >= 11 is 0. The van der Waals surface area contributed by atoms with Gasteiger partial charge in [0.15, 0.2) is 5.58 Å². The summed E-state index contributed by atoms with van der Waals surface area (Å²) in [5.74, 6) is -0.554. The molecular weight excluding hydrogens is 248 g/mol. The molecule has 19 heavy (non-hydrogen) atoms. The second kappa shape index (κ2) is 3.96. The molecule has 0 fully saturated rings. The van der Waals surface area contributed by atoms with Crippen LogP contribution in [0.5, 0.6) is 0 Å². The van der Waals surface area contributed by atoms with Crippen molar-refractivity contribution in [3.63, 3.8) is 0 Å². The smallest absolute Gasteiger partial charge is 0.408 e. The maximum absolute atomic E-state index is 11.1. The zero-order valence-corrected chi connectivity index (χ0v) is 9.43. The van der Waals surface area contributed by atoms with Crippen molar-refractivity contribution in [3.05, 3.63) is 50.7 Å². The molecule has 0 saturated heterocycles. The molecule has 7 nitrogen and oxygen atoms in total. The molecule has 0 saturated carbocycles. The highest BCUT2D eigenvalue weighted by atomic mass is 16.4. The zero-order valence-electron chi connectivity index (χ0n) is 9.43. The number of hydrogen-bond donors (Lipinski definition) is 2. The predicted molar refractivity (Wildman–Crippen MR) is 65.4 cm³/mol. The first kappa shape index (κ1) is 11.0. The highest BCUT2D eigenvalue weighted by molar-refractivity contribution is 5.80. The monoisotopic (exact) mass is 254 g/mol. The van der Waals surface area contributed by atoms with Crippen LogP contribution in [0.25, 0.3) is 22.4 Å². The van der Waals surface area contributed by atoms with E-state index in [0.29, 0.717) is 22.4 Å². The van der Waals surface area contributed by atoms with Crippen molar-refractivity contribution < 1.29 is 4.42 Å². The Balaban J connectivity index is 2.27. The Morgan fingerprint density at radius 1 is 1.26 bits per heavy atom. The largest absolute Gasteiger partial charge is 0.417 e. The minimum absolute atomic E-state index is 0.154. The first-order valence-corrected chi connectivity index (χ1v) is 5.30. The number of hydrogen-bond acceptors (Lipinski definition) is 5. The van der Waals surface area contributed by atoms with E-state index in [1.165, 1.54) is 6.07 Å². The molecule has 7 heteroatoms. The van der Waals surface area contributed by atoms with Crippen LogP contribution in [0.2, 0.25) is 0 Å². The third-order valence-electron chi connectivity index (χ3n) is 2.62. The van der Waals surface area contributed by atoms with Crippen LogP contribution in [0.15, 0.2) is 38.3 Å². The number of nitrogens with one attached hydrogen (secondary N) is 2. The fourth-order valence-corrected chi connectivity index (χ4v) is 1.80. The molecule has 0 unspecified atom stereocenters. The van der Waals surface area contributed by atoms with Gasteiger partial charge in [0.25, 0.3) is 5.56 Å². The first-order chi connectivity index (χ1) is 9.17. The number of rotatable bonds is 1. The van der Waals surface area contributed by atoms with Crippen molar-refractivity contribution >= 4 is 11.1 Å². The summed E-state index contributed by atoms with van der Waals surface area (Å²) in [7, 11) is 0. The number of aromatic amines is 2. The molecule has 0 aliphatic heterocycles. The van der Waals surface area contributed by atoms with Gasteiger partial charge in [-0.15, -0.1) is 0 Å². The van der Waals surface area contributed by atoms with E-state index in [1.54, 1.807) is 18.2 Å². The lowest BCUT2D eigenvalue weighted by Gasteiger charge is -2.01. The Hall–Kier alpha value is -3.14. The second-order valence-electron chi connectivity index (χ2n) is 3.83. The van der Waals surface area contributed by atoms with E-state index in [0.717, 1.165) is 0 Å². The van der Waals surface area contributed by atoms with E-state index in [1.807, 2.05) is 6.07 Å². The molecule has 3 rings (SSSR count). The van der Waals surface area contributed by atoms with Gasteiger partial charge >= 0.3 is 5.76 Å². The first-order valence-electron chi connectivity index (χ1n) is 5.30. The Kier molecular flexibility index (Phi) is 2.29. The molecule has 0 atom stereocenters. The summed E-state index contributed by atoms with van der Waals surface area (Å²) in [6.07, 6.45) is 0. The SMILES string of the molecule is N#Cc1cc(=O)[nH]nc1-c1ccc2[nH]c(=O)oc2c1. The third-order valence-corrected chi connectivity index (χ3v) is 2.62. The van der Waals surface area contributed by atoms with E-state index in [4.69, 9.17) is 9.68 Å². The maximum atomic E-state index is 11.1. The minimum atomic E-state index is -0.554. The molecule has 0 bridgehead atoms. The van der Waals surface area contributed by atoms with Gasteiger partial charge in [-0.1, -0.05) is 6.07 Å². The average Bonchev–Trinajstić information content (AvgIpc) is 2.77. The molecule has 2 aromatic heterocycles. The van der Waals surface area contributed by atoms with E-state index >= 15 is 0 Å². The van der Waals surface area contributed by atoms with E-state index in [-0.39, 0.29) is 5.56 Å². The molecule has 0 spiro atoms. The van der Waals surface area contributed by atoms with E-state index in [2.05, 4.69) is 15.2 Å². The van der Waals surface area contributed by atoms with Crippen LogP contribution >= 0.6 is 0 Å². The number of H-pyrrole nitrogens is 2. The van der Waals surface area contributed by atoms with Crippen LogP contribution < -0.4 is 11.3 Å². The van der Waals surface area contributed by atoms with Gasteiger partial charge in [0.1, 0.15) is 11.8 Å². The summed E-state index contributed by atoms with van der Waals surface area (Å²) in [6, 6.07) is 7.97. The van der Waals surface area contributed by atoms with Gasteiger partial charge in [0.05, 0.1) is 11.1 Å². The normalized spacial score (nSPS) is 10.5. The van der Waals surface area contributed by atoms with Crippen LogP contribution in [0.3, 0.4) is 0 Å². The Labute approximate surface area is 105 Å². The van der Waals surface area contributed by atoms with Crippen molar-refractivity contribution in [1.29, 1.82) is 5.26 Å². The zero-order chi connectivity index (χ0) is 13.4. The van der Waals surface area contributed by atoms with Crippen LogP contribution in [0.1, 0.15) is 5.56 Å². The van der Waals surface area contributed by atoms with Gasteiger partial charge in [-0.2, -0.15) is 10.4 Å². The number of oxazole rings is 1. The van der Waals surface area contributed by atoms with Gasteiger partial charge in [0.2, 0.25) is 0 Å². The topological polar surface area (TPSA) is 116 Å². The van der Waals surface area contributed by atoms with Crippen molar-refractivity contribution in [3.8, 4) is 17.3 Å². The lowest BCUT2D eigenvalue weighted by molar-refractivity contribution is 0.555. The van der Waals surface area contributed by atoms with Crippen LogP contribution in [0.4, 0.5) is 0 Å². The summed E-state index contributed by atoms with van der Waals surface area (Å²) in [5, 5.41) is 15.1. The molecule has 92 valence electrons. The highest BCUT2D eigenvalue weighted by Crippen LogP contribution is 2.22.